The van der Waals surface area contributed by atoms with Gasteiger partial charge in [-0.2, -0.15) is 5.10 Å². The number of nitrogens with zero attached hydrogens (tertiary/aromatic N) is 5. The molecule has 0 amide bonds. The molecule has 6 nitrogen and oxygen atoms in total. The third-order valence-corrected chi connectivity index (χ3v) is 5.10. The van der Waals surface area contributed by atoms with Crippen molar-refractivity contribution in [3.05, 3.63) is 35.4 Å². The Morgan fingerprint density at radius 1 is 1.20 bits per heavy atom. The van der Waals surface area contributed by atoms with E-state index in [1.165, 1.54) is 24.1 Å². The van der Waals surface area contributed by atoms with Crippen LogP contribution in [-0.4, -0.2) is 39.8 Å². The summed E-state index contributed by atoms with van der Waals surface area (Å²) < 4.78 is 0. The minimum atomic E-state index is 0.350. The van der Waals surface area contributed by atoms with Crippen LogP contribution >= 0.6 is 0 Å². The smallest absolute Gasteiger partial charge is 0.151 e. The summed E-state index contributed by atoms with van der Waals surface area (Å²) in [5, 5.41) is 12.3. The zero-order valence-corrected chi connectivity index (χ0v) is 15.1. The van der Waals surface area contributed by atoms with Crippen LogP contribution in [0, 0.1) is 5.92 Å². The number of nitrogens with one attached hydrogen (secondary N) is 1. The van der Waals surface area contributed by atoms with Crippen LogP contribution in [0.3, 0.4) is 0 Å². The number of hydrogen-bond donors (Lipinski definition) is 1. The Balaban J connectivity index is 1.30. The molecule has 6 heteroatoms. The summed E-state index contributed by atoms with van der Waals surface area (Å²) in [5.41, 5.74) is 2.61. The summed E-state index contributed by atoms with van der Waals surface area (Å²) in [4.78, 5) is 11.2. The van der Waals surface area contributed by atoms with Gasteiger partial charge in [-0.15, -0.1) is 5.10 Å². The van der Waals surface area contributed by atoms with Crippen molar-refractivity contribution in [1.29, 1.82) is 0 Å². The second-order valence-corrected chi connectivity index (χ2v) is 7.49. The van der Waals surface area contributed by atoms with E-state index >= 15 is 0 Å². The molecule has 132 valence electrons. The summed E-state index contributed by atoms with van der Waals surface area (Å²) in [6.07, 6.45) is 6.61. The molecule has 0 saturated carbocycles. The number of aryl methyl sites for hydroxylation is 2. The number of hydrogen-bond acceptors (Lipinski definition) is 6. The van der Waals surface area contributed by atoms with Gasteiger partial charge in [-0.3, -0.25) is 0 Å². The van der Waals surface area contributed by atoms with Crippen molar-refractivity contribution in [2.75, 3.05) is 29.9 Å². The van der Waals surface area contributed by atoms with Crippen molar-refractivity contribution >= 4 is 11.6 Å². The fraction of sp³-hybridized carbons (Fsp3) is 0.579. The lowest BCUT2D eigenvalue weighted by atomic mass is 9.95. The lowest BCUT2D eigenvalue weighted by Crippen LogP contribution is -2.50. The van der Waals surface area contributed by atoms with E-state index < -0.39 is 0 Å². The number of fused-ring (bicyclic) bond motifs is 1. The molecule has 3 heterocycles. The van der Waals surface area contributed by atoms with Crippen molar-refractivity contribution in [1.82, 2.24) is 20.2 Å². The fourth-order valence-electron chi connectivity index (χ4n) is 3.52. The molecule has 1 N–H and O–H groups in total. The summed E-state index contributed by atoms with van der Waals surface area (Å²) in [6, 6.07) is 4.20. The maximum Gasteiger partial charge on any atom is 0.151 e. The molecule has 2 aliphatic rings. The molecular weight excluding hydrogens is 312 g/mol. The summed E-state index contributed by atoms with van der Waals surface area (Å²) >= 11 is 0. The third kappa shape index (κ3) is 3.57. The molecule has 0 unspecified atom stereocenters. The van der Waals surface area contributed by atoms with Crippen LogP contribution in [0.4, 0.5) is 11.6 Å². The highest BCUT2D eigenvalue weighted by Gasteiger charge is 2.28. The van der Waals surface area contributed by atoms with Gasteiger partial charge >= 0.3 is 0 Å². The quantitative estimate of drug-likeness (QED) is 0.904. The molecule has 1 saturated heterocycles. The van der Waals surface area contributed by atoms with Crippen LogP contribution in [0.25, 0.3) is 0 Å². The number of aromatic nitrogens is 4. The molecule has 25 heavy (non-hydrogen) atoms. The van der Waals surface area contributed by atoms with Crippen LogP contribution in [0.2, 0.25) is 0 Å². The van der Waals surface area contributed by atoms with Crippen molar-refractivity contribution in [2.24, 2.45) is 5.92 Å². The maximum atomic E-state index is 4.57. The zero-order valence-electron chi connectivity index (χ0n) is 15.1. The Labute approximate surface area is 149 Å². The van der Waals surface area contributed by atoms with Gasteiger partial charge in [-0.25, -0.2) is 9.97 Å². The topological polar surface area (TPSA) is 66.8 Å². The fourth-order valence-corrected chi connectivity index (χ4v) is 3.52. The number of anilines is 2. The Morgan fingerprint density at radius 2 is 2.04 bits per heavy atom. The predicted octanol–water partition coefficient (Wildman–Crippen LogP) is 2.82. The Hall–Kier alpha value is -2.24. The average Bonchev–Trinajstić information content (AvgIpc) is 2.60. The van der Waals surface area contributed by atoms with Gasteiger partial charge in [0.05, 0.1) is 5.69 Å². The van der Waals surface area contributed by atoms with Crippen LogP contribution in [0.1, 0.15) is 49.7 Å². The highest BCUT2D eigenvalue weighted by molar-refractivity contribution is 5.45. The van der Waals surface area contributed by atoms with Crippen molar-refractivity contribution in [3.8, 4) is 0 Å². The molecule has 0 radical (unpaired) electrons. The molecule has 1 aliphatic carbocycles. The molecule has 2 aromatic heterocycles. The maximum absolute atomic E-state index is 4.57. The first-order chi connectivity index (χ1) is 12.2. The van der Waals surface area contributed by atoms with Crippen LogP contribution in [0.15, 0.2) is 18.3 Å². The number of rotatable bonds is 5. The van der Waals surface area contributed by atoms with Gasteiger partial charge in [0.15, 0.2) is 5.82 Å². The van der Waals surface area contributed by atoms with Gasteiger partial charge < -0.3 is 10.2 Å². The molecule has 1 aliphatic heterocycles. The second kappa shape index (κ2) is 6.94. The van der Waals surface area contributed by atoms with Crippen molar-refractivity contribution in [3.63, 3.8) is 0 Å². The van der Waals surface area contributed by atoms with Gasteiger partial charge in [-0.05, 0) is 43.4 Å². The van der Waals surface area contributed by atoms with Crippen molar-refractivity contribution < 1.29 is 0 Å². The minimum Gasteiger partial charge on any atom is -0.370 e. The van der Waals surface area contributed by atoms with E-state index in [0.717, 1.165) is 49.9 Å². The second-order valence-electron chi connectivity index (χ2n) is 7.49. The first kappa shape index (κ1) is 16.2. The summed E-state index contributed by atoms with van der Waals surface area (Å²) in [7, 11) is 0. The summed E-state index contributed by atoms with van der Waals surface area (Å²) in [6.45, 7) is 7.22. The normalized spacial score (nSPS) is 17.3. The van der Waals surface area contributed by atoms with Crippen LogP contribution in [-0.2, 0) is 12.8 Å². The first-order valence-corrected chi connectivity index (χ1v) is 9.36. The van der Waals surface area contributed by atoms with E-state index in [0.29, 0.717) is 11.8 Å². The van der Waals surface area contributed by atoms with E-state index in [2.05, 4.69) is 50.3 Å². The monoisotopic (exact) mass is 338 g/mol. The highest BCUT2D eigenvalue weighted by atomic mass is 15.3. The first-order valence-electron chi connectivity index (χ1n) is 9.36. The molecule has 0 atom stereocenters. The molecule has 4 rings (SSSR count). The van der Waals surface area contributed by atoms with Crippen LogP contribution < -0.4 is 10.2 Å². The Bertz CT molecular complexity index is 738. The van der Waals surface area contributed by atoms with Crippen molar-refractivity contribution in [2.45, 2.75) is 45.4 Å². The van der Waals surface area contributed by atoms with E-state index in [9.17, 15) is 0 Å². The Morgan fingerprint density at radius 3 is 2.88 bits per heavy atom. The largest absolute Gasteiger partial charge is 0.370 e. The third-order valence-electron chi connectivity index (χ3n) is 5.10. The minimum absolute atomic E-state index is 0.350. The van der Waals surface area contributed by atoms with E-state index in [1.54, 1.807) is 0 Å². The lowest BCUT2D eigenvalue weighted by molar-refractivity contribution is 0.424. The summed E-state index contributed by atoms with van der Waals surface area (Å²) in [5.74, 6) is 3.83. The average molecular weight is 338 g/mol. The van der Waals surface area contributed by atoms with E-state index in [4.69, 9.17) is 0 Å². The van der Waals surface area contributed by atoms with Gasteiger partial charge in [0, 0.05) is 37.7 Å². The standard InChI is InChI=1S/C19H26N6/c1-13(2)19-20-8-7-17(22-19)21-10-14-11-25(12-14)18-9-15-5-3-4-6-16(15)23-24-18/h7-9,13-14H,3-6,10-12H2,1-2H3,(H,20,21,22). The van der Waals surface area contributed by atoms with Gasteiger partial charge in [0.1, 0.15) is 11.6 Å². The molecular formula is C19H26N6. The SMILES string of the molecule is CC(C)c1nccc(NCC2CN(c3cc4c(nn3)CCCC4)C2)n1. The molecule has 0 bridgehead atoms. The Kier molecular flexibility index (Phi) is 4.51. The highest BCUT2D eigenvalue weighted by Crippen LogP contribution is 2.27. The molecule has 0 aromatic carbocycles. The molecule has 0 spiro atoms. The molecule has 2 aromatic rings. The lowest BCUT2D eigenvalue weighted by Gasteiger charge is -2.40. The van der Waals surface area contributed by atoms with Gasteiger partial charge in [0.2, 0.25) is 0 Å². The zero-order chi connectivity index (χ0) is 17.2. The van der Waals surface area contributed by atoms with E-state index in [-0.39, 0.29) is 0 Å². The predicted molar refractivity (Wildman–Crippen MR) is 99.0 cm³/mol. The van der Waals surface area contributed by atoms with Gasteiger partial charge in [0.25, 0.3) is 0 Å². The van der Waals surface area contributed by atoms with Crippen LogP contribution in [0.5, 0.6) is 0 Å². The van der Waals surface area contributed by atoms with Gasteiger partial charge in [-0.1, -0.05) is 13.8 Å². The van der Waals surface area contributed by atoms with E-state index in [1.807, 2.05) is 12.3 Å². The molecule has 1 fully saturated rings.